The summed E-state index contributed by atoms with van der Waals surface area (Å²) in [5.74, 6) is -0.421. The van der Waals surface area contributed by atoms with Gasteiger partial charge in [-0.05, 0) is 48.0 Å². The average Bonchev–Trinajstić information content (AvgIpc) is 2.68. The van der Waals surface area contributed by atoms with Crippen LogP contribution in [0.25, 0.3) is 22.0 Å². The zero-order valence-electron chi connectivity index (χ0n) is 14.2. The monoisotopic (exact) mass is 431 g/mol. The SMILES string of the molecule is O=S(=O)(c1ccc(Cl)cc1)c1c(Cl)nc2ccccc2c1-c1ccc(F)cc1. The molecule has 0 aliphatic rings. The number of para-hydroxylation sites is 1. The minimum absolute atomic E-state index is 0.0410. The first-order valence-electron chi connectivity index (χ1n) is 8.23. The molecule has 28 heavy (non-hydrogen) atoms. The zero-order chi connectivity index (χ0) is 19.9. The Morgan fingerprint density at radius 3 is 2.14 bits per heavy atom. The number of rotatable bonds is 3. The minimum Gasteiger partial charge on any atom is -0.235 e. The molecular formula is C21H12Cl2FNO2S. The van der Waals surface area contributed by atoms with Crippen LogP contribution in [0.1, 0.15) is 0 Å². The van der Waals surface area contributed by atoms with Crippen LogP contribution in [0.15, 0.2) is 82.6 Å². The Hall–Kier alpha value is -2.47. The lowest BCUT2D eigenvalue weighted by Crippen LogP contribution is -2.07. The van der Waals surface area contributed by atoms with Crippen LogP contribution < -0.4 is 0 Å². The van der Waals surface area contributed by atoms with E-state index in [2.05, 4.69) is 4.98 Å². The Kier molecular flexibility index (Phi) is 4.83. The fourth-order valence-electron chi connectivity index (χ4n) is 3.04. The van der Waals surface area contributed by atoms with E-state index < -0.39 is 15.7 Å². The number of halogens is 3. The maximum absolute atomic E-state index is 13.5. The Bertz CT molecular complexity index is 1290. The predicted molar refractivity (Wildman–Crippen MR) is 109 cm³/mol. The number of aromatic nitrogens is 1. The van der Waals surface area contributed by atoms with E-state index in [1.165, 1.54) is 48.5 Å². The maximum atomic E-state index is 13.5. The van der Waals surface area contributed by atoms with Gasteiger partial charge in [-0.3, -0.25) is 0 Å². The third kappa shape index (κ3) is 3.26. The second-order valence-electron chi connectivity index (χ2n) is 6.09. The van der Waals surface area contributed by atoms with Crippen molar-refractivity contribution in [2.24, 2.45) is 0 Å². The minimum atomic E-state index is -4.01. The lowest BCUT2D eigenvalue weighted by molar-refractivity contribution is 0.596. The molecule has 4 rings (SSSR count). The summed E-state index contributed by atoms with van der Waals surface area (Å²) < 4.78 is 40.3. The van der Waals surface area contributed by atoms with Crippen LogP contribution in [0.5, 0.6) is 0 Å². The summed E-state index contributed by atoms with van der Waals surface area (Å²) in [6, 6.07) is 18.5. The van der Waals surface area contributed by atoms with Crippen molar-refractivity contribution in [3.05, 3.63) is 88.8 Å². The molecule has 0 aliphatic heterocycles. The molecule has 7 heteroatoms. The summed E-state index contributed by atoms with van der Waals surface area (Å²) in [5.41, 5.74) is 1.45. The highest BCUT2D eigenvalue weighted by atomic mass is 35.5. The highest BCUT2D eigenvalue weighted by Crippen LogP contribution is 2.40. The Labute approximate surface area is 171 Å². The highest BCUT2D eigenvalue weighted by molar-refractivity contribution is 7.91. The first-order chi connectivity index (χ1) is 13.4. The summed E-state index contributed by atoms with van der Waals surface area (Å²) in [6.07, 6.45) is 0. The van der Waals surface area contributed by atoms with Gasteiger partial charge in [-0.1, -0.05) is 53.5 Å². The van der Waals surface area contributed by atoms with Crippen LogP contribution in [0, 0.1) is 5.82 Å². The molecule has 0 amide bonds. The maximum Gasteiger partial charge on any atom is 0.210 e. The van der Waals surface area contributed by atoms with E-state index in [4.69, 9.17) is 23.2 Å². The molecule has 0 unspecified atom stereocenters. The predicted octanol–water partition coefficient (Wildman–Crippen LogP) is 6.18. The number of nitrogens with zero attached hydrogens (tertiary/aromatic N) is 1. The van der Waals surface area contributed by atoms with E-state index in [9.17, 15) is 12.8 Å². The van der Waals surface area contributed by atoms with Crippen molar-refractivity contribution in [3.8, 4) is 11.1 Å². The molecule has 0 N–H and O–H groups in total. The van der Waals surface area contributed by atoms with Gasteiger partial charge in [-0.2, -0.15) is 0 Å². The van der Waals surface area contributed by atoms with E-state index in [1.54, 1.807) is 24.3 Å². The Balaban J connectivity index is 2.11. The molecule has 0 bridgehead atoms. The van der Waals surface area contributed by atoms with Crippen LogP contribution in [0.2, 0.25) is 10.2 Å². The molecule has 0 spiro atoms. The van der Waals surface area contributed by atoms with Gasteiger partial charge in [0, 0.05) is 16.0 Å². The first-order valence-corrected chi connectivity index (χ1v) is 10.5. The Morgan fingerprint density at radius 2 is 1.46 bits per heavy atom. The molecule has 1 heterocycles. The van der Waals surface area contributed by atoms with Gasteiger partial charge in [0.1, 0.15) is 15.9 Å². The third-order valence-electron chi connectivity index (χ3n) is 4.33. The van der Waals surface area contributed by atoms with Crippen molar-refractivity contribution in [1.29, 1.82) is 0 Å². The largest absolute Gasteiger partial charge is 0.235 e. The normalized spacial score (nSPS) is 11.7. The summed E-state index contributed by atoms with van der Waals surface area (Å²) in [6.45, 7) is 0. The number of hydrogen-bond acceptors (Lipinski definition) is 3. The van der Waals surface area contributed by atoms with Gasteiger partial charge >= 0.3 is 0 Å². The lowest BCUT2D eigenvalue weighted by Gasteiger charge is -2.15. The van der Waals surface area contributed by atoms with Crippen molar-refractivity contribution in [2.45, 2.75) is 9.79 Å². The van der Waals surface area contributed by atoms with Crippen LogP contribution in [-0.4, -0.2) is 13.4 Å². The average molecular weight is 432 g/mol. The standard InChI is InChI=1S/C21H12Cl2FNO2S/c22-14-7-11-16(12-8-14)28(26,27)20-19(13-5-9-15(24)10-6-13)17-3-1-2-4-18(17)25-21(20)23/h1-12H. The van der Waals surface area contributed by atoms with Crippen molar-refractivity contribution in [3.63, 3.8) is 0 Å². The van der Waals surface area contributed by atoms with Crippen LogP contribution in [0.4, 0.5) is 4.39 Å². The highest BCUT2D eigenvalue weighted by Gasteiger charge is 2.28. The molecule has 140 valence electrons. The molecule has 0 fully saturated rings. The first kappa shape index (κ1) is 18.9. The van der Waals surface area contributed by atoms with Crippen molar-refractivity contribution in [2.75, 3.05) is 0 Å². The topological polar surface area (TPSA) is 47.0 Å². The number of hydrogen-bond donors (Lipinski definition) is 0. The fourth-order valence-corrected chi connectivity index (χ4v) is 5.15. The number of fused-ring (bicyclic) bond motifs is 1. The molecule has 0 saturated carbocycles. The van der Waals surface area contributed by atoms with Crippen LogP contribution >= 0.6 is 23.2 Å². The molecule has 0 atom stereocenters. The smallest absolute Gasteiger partial charge is 0.210 e. The molecule has 4 aromatic rings. The molecular weight excluding hydrogens is 420 g/mol. The van der Waals surface area contributed by atoms with Crippen molar-refractivity contribution < 1.29 is 12.8 Å². The van der Waals surface area contributed by atoms with E-state index >= 15 is 0 Å². The number of benzene rings is 3. The quantitative estimate of drug-likeness (QED) is 0.363. The number of pyridine rings is 1. The van der Waals surface area contributed by atoms with Gasteiger partial charge in [0.05, 0.1) is 10.4 Å². The molecule has 0 saturated heterocycles. The fraction of sp³-hybridized carbons (Fsp3) is 0. The lowest BCUT2D eigenvalue weighted by atomic mass is 10.0. The molecule has 3 nitrogen and oxygen atoms in total. The van der Waals surface area contributed by atoms with E-state index in [1.807, 2.05) is 0 Å². The van der Waals surface area contributed by atoms with E-state index in [0.717, 1.165) is 0 Å². The summed E-state index contributed by atoms with van der Waals surface area (Å²) in [4.78, 5) is 4.19. The molecule has 1 aromatic heterocycles. The second kappa shape index (κ2) is 7.17. The van der Waals surface area contributed by atoms with Crippen molar-refractivity contribution in [1.82, 2.24) is 4.98 Å². The van der Waals surface area contributed by atoms with E-state index in [0.29, 0.717) is 27.1 Å². The van der Waals surface area contributed by atoms with Crippen LogP contribution in [0.3, 0.4) is 0 Å². The zero-order valence-corrected chi connectivity index (χ0v) is 16.6. The van der Waals surface area contributed by atoms with Gasteiger partial charge < -0.3 is 0 Å². The van der Waals surface area contributed by atoms with Crippen LogP contribution in [-0.2, 0) is 9.84 Å². The van der Waals surface area contributed by atoms with Gasteiger partial charge in [-0.25, -0.2) is 17.8 Å². The summed E-state index contributed by atoms with van der Waals surface area (Å²) >= 11 is 12.3. The molecule has 0 aliphatic carbocycles. The van der Waals surface area contributed by atoms with Gasteiger partial charge in [0.25, 0.3) is 0 Å². The summed E-state index contributed by atoms with van der Waals surface area (Å²) in [5, 5.41) is 0.875. The van der Waals surface area contributed by atoms with Gasteiger partial charge in [0.2, 0.25) is 9.84 Å². The third-order valence-corrected chi connectivity index (χ3v) is 6.80. The van der Waals surface area contributed by atoms with Crippen molar-refractivity contribution >= 4 is 43.9 Å². The molecule has 3 aromatic carbocycles. The van der Waals surface area contributed by atoms with Gasteiger partial charge in [0.15, 0.2) is 0 Å². The molecule has 0 radical (unpaired) electrons. The second-order valence-corrected chi connectivity index (χ2v) is 8.77. The van der Waals surface area contributed by atoms with E-state index in [-0.39, 0.29) is 14.9 Å². The Morgan fingerprint density at radius 1 is 0.821 bits per heavy atom. The van der Waals surface area contributed by atoms with Gasteiger partial charge in [-0.15, -0.1) is 0 Å². The number of sulfone groups is 1. The summed E-state index contributed by atoms with van der Waals surface area (Å²) in [7, 11) is -4.01.